The highest BCUT2D eigenvalue weighted by atomic mass is 32.1. The third kappa shape index (κ3) is 7.95. The van der Waals surface area contributed by atoms with Gasteiger partial charge in [-0.2, -0.15) is 0 Å². The van der Waals surface area contributed by atoms with Crippen molar-refractivity contribution in [1.29, 1.82) is 0 Å². The van der Waals surface area contributed by atoms with Gasteiger partial charge in [-0.15, -0.1) is 22.7 Å². The van der Waals surface area contributed by atoms with Gasteiger partial charge in [0.25, 0.3) is 11.5 Å². The van der Waals surface area contributed by atoms with E-state index < -0.39 is 6.04 Å². The fourth-order valence-corrected chi connectivity index (χ4v) is 7.44. The summed E-state index contributed by atoms with van der Waals surface area (Å²) < 4.78 is 1.61. The molecule has 48 heavy (non-hydrogen) atoms. The summed E-state index contributed by atoms with van der Waals surface area (Å²) in [4.78, 5) is 47.3. The predicted octanol–water partition coefficient (Wildman–Crippen LogP) is 7.44. The fraction of sp³-hybridized carbons (Fsp3) is 0.289. The van der Waals surface area contributed by atoms with Crippen LogP contribution in [0.25, 0.3) is 5.65 Å². The first-order valence-corrected chi connectivity index (χ1v) is 18.0. The van der Waals surface area contributed by atoms with Crippen LogP contribution in [-0.2, 0) is 19.5 Å². The summed E-state index contributed by atoms with van der Waals surface area (Å²) in [6.45, 7) is 8.89. The SMILES string of the molecule is Cc1ccc(C(=O)N(CCCN(Cc2nccs2)Cc2nccs2)C(c2nc3ccccn3c(=O)c2Cc2ccccc2)C(C)C)cc1. The summed E-state index contributed by atoms with van der Waals surface area (Å²) in [5, 5.41) is 6.09. The topological polar surface area (TPSA) is 83.7 Å². The summed E-state index contributed by atoms with van der Waals surface area (Å²) in [5.41, 5.74) is 4.47. The molecule has 1 unspecified atom stereocenters. The molecule has 1 atom stereocenters. The van der Waals surface area contributed by atoms with Gasteiger partial charge in [-0.05, 0) is 49.1 Å². The Balaban J connectivity index is 1.39. The van der Waals surface area contributed by atoms with Crippen LogP contribution >= 0.6 is 22.7 Å². The molecular formula is C38H40N6O2S2. The molecule has 0 bridgehead atoms. The van der Waals surface area contributed by atoms with Gasteiger partial charge < -0.3 is 4.90 Å². The van der Waals surface area contributed by atoms with Gasteiger partial charge in [-0.1, -0.05) is 67.9 Å². The first-order valence-electron chi connectivity index (χ1n) is 16.3. The van der Waals surface area contributed by atoms with E-state index in [-0.39, 0.29) is 17.4 Å². The van der Waals surface area contributed by atoms with Gasteiger partial charge in [0.15, 0.2) is 0 Å². The molecule has 0 spiro atoms. The molecule has 0 aliphatic carbocycles. The van der Waals surface area contributed by atoms with Gasteiger partial charge in [0.05, 0.1) is 24.8 Å². The summed E-state index contributed by atoms with van der Waals surface area (Å²) in [7, 11) is 0. The van der Waals surface area contributed by atoms with Crippen LogP contribution in [0.3, 0.4) is 0 Å². The standard InChI is InChI=1S/C38H40N6O2S2/c1-27(2)36(35-31(24-29-10-5-4-6-11-29)38(46)43-20-8-7-12-32(43)41-35)44(37(45)30-15-13-28(3)14-16-30)21-9-19-42(25-33-39-17-22-47-33)26-34-40-18-23-48-34/h4-8,10-18,20,22-23,27,36H,9,19,21,24-26H2,1-3H3. The molecule has 0 aliphatic heterocycles. The minimum absolute atomic E-state index is 0.0197. The van der Waals surface area contributed by atoms with E-state index in [4.69, 9.17) is 4.98 Å². The number of hydrogen-bond acceptors (Lipinski definition) is 8. The van der Waals surface area contributed by atoms with Crippen molar-refractivity contribution in [2.75, 3.05) is 13.1 Å². The lowest BCUT2D eigenvalue weighted by Crippen LogP contribution is -2.41. The average molecular weight is 677 g/mol. The van der Waals surface area contributed by atoms with Gasteiger partial charge in [0.2, 0.25) is 0 Å². The fourth-order valence-electron chi connectivity index (χ4n) is 6.13. The van der Waals surface area contributed by atoms with E-state index in [9.17, 15) is 9.59 Å². The number of carbonyl (C=O) groups excluding carboxylic acids is 1. The van der Waals surface area contributed by atoms with Crippen molar-refractivity contribution in [3.05, 3.63) is 150 Å². The number of benzene rings is 2. The highest BCUT2D eigenvalue weighted by Gasteiger charge is 2.33. The highest BCUT2D eigenvalue weighted by Crippen LogP contribution is 2.32. The third-order valence-corrected chi connectivity index (χ3v) is 9.98. The maximum atomic E-state index is 14.6. The number of aromatic nitrogens is 4. The predicted molar refractivity (Wildman–Crippen MR) is 193 cm³/mol. The second kappa shape index (κ2) is 15.6. The number of fused-ring (bicyclic) bond motifs is 1. The minimum Gasteiger partial charge on any atom is -0.330 e. The van der Waals surface area contributed by atoms with Gasteiger partial charge in [0.1, 0.15) is 15.7 Å². The lowest BCUT2D eigenvalue weighted by atomic mass is 9.92. The number of hydrogen-bond donors (Lipinski definition) is 0. The van der Waals surface area contributed by atoms with E-state index in [2.05, 4.69) is 28.7 Å². The maximum Gasteiger partial charge on any atom is 0.261 e. The first-order chi connectivity index (χ1) is 23.4. The van der Waals surface area contributed by atoms with Crippen LogP contribution in [0.4, 0.5) is 0 Å². The maximum absolute atomic E-state index is 14.6. The molecule has 0 aliphatic rings. The summed E-state index contributed by atoms with van der Waals surface area (Å²) >= 11 is 3.29. The number of nitrogens with zero attached hydrogens (tertiary/aromatic N) is 6. The summed E-state index contributed by atoms with van der Waals surface area (Å²) in [5.74, 6) is -0.0884. The molecule has 4 heterocycles. The molecule has 246 valence electrons. The highest BCUT2D eigenvalue weighted by molar-refractivity contribution is 7.09. The van der Waals surface area contributed by atoms with E-state index in [0.717, 1.165) is 34.1 Å². The molecular weight excluding hydrogens is 637 g/mol. The minimum atomic E-state index is -0.429. The molecule has 0 N–H and O–H groups in total. The quantitative estimate of drug-likeness (QED) is 0.119. The number of amides is 1. The van der Waals surface area contributed by atoms with Crippen LogP contribution in [0.1, 0.15) is 69.1 Å². The molecule has 10 heteroatoms. The van der Waals surface area contributed by atoms with Crippen LogP contribution in [0.2, 0.25) is 0 Å². The first kappa shape index (κ1) is 33.4. The van der Waals surface area contributed by atoms with Gasteiger partial charge in [0, 0.05) is 60.0 Å². The number of rotatable bonds is 14. The lowest BCUT2D eigenvalue weighted by Gasteiger charge is -2.36. The Bertz CT molecular complexity index is 1940. The van der Waals surface area contributed by atoms with Crippen molar-refractivity contribution < 1.29 is 4.79 Å². The summed E-state index contributed by atoms with van der Waals surface area (Å²) in [6.07, 6.45) is 6.58. The second-order valence-corrected chi connectivity index (χ2v) is 14.3. The number of thiazole rings is 2. The Morgan fingerprint density at radius 3 is 2.15 bits per heavy atom. The van der Waals surface area contributed by atoms with Gasteiger partial charge in [-0.25, -0.2) is 15.0 Å². The molecule has 2 aromatic carbocycles. The monoisotopic (exact) mass is 676 g/mol. The van der Waals surface area contributed by atoms with Gasteiger partial charge in [-0.3, -0.25) is 18.9 Å². The molecule has 0 saturated heterocycles. The molecule has 4 aromatic heterocycles. The van der Waals surface area contributed by atoms with Crippen LogP contribution < -0.4 is 5.56 Å². The lowest BCUT2D eigenvalue weighted by molar-refractivity contribution is 0.0601. The molecule has 8 nitrogen and oxygen atoms in total. The number of aryl methyl sites for hydroxylation is 1. The largest absolute Gasteiger partial charge is 0.330 e. The zero-order valence-corrected chi connectivity index (χ0v) is 29.2. The van der Waals surface area contributed by atoms with E-state index in [1.165, 1.54) is 0 Å². The second-order valence-electron chi connectivity index (χ2n) is 12.3. The average Bonchev–Trinajstić information content (AvgIpc) is 3.81. The number of carbonyl (C=O) groups is 1. The Morgan fingerprint density at radius 2 is 1.52 bits per heavy atom. The van der Waals surface area contributed by atoms with Crippen molar-refractivity contribution in [1.82, 2.24) is 29.2 Å². The Kier molecular flexibility index (Phi) is 10.8. The number of pyridine rings is 1. The van der Waals surface area contributed by atoms with Crippen LogP contribution in [0.5, 0.6) is 0 Å². The van der Waals surface area contributed by atoms with Crippen molar-refractivity contribution in [3.8, 4) is 0 Å². The summed E-state index contributed by atoms with van der Waals surface area (Å²) in [6, 6.07) is 22.9. The molecule has 6 aromatic rings. The van der Waals surface area contributed by atoms with Gasteiger partial charge >= 0.3 is 0 Å². The van der Waals surface area contributed by atoms with E-state index >= 15 is 0 Å². The normalized spacial score (nSPS) is 12.2. The van der Waals surface area contributed by atoms with Crippen molar-refractivity contribution in [2.24, 2.45) is 5.92 Å². The van der Waals surface area contributed by atoms with Crippen molar-refractivity contribution >= 4 is 34.2 Å². The van der Waals surface area contributed by atoms with Crippen LogP contribution in [0.15, 0.2) is 107 Å². The van der Waals surface area contributed by atoms with Crippen LogP contribution in [0, 0.1) is 12.8 Å². The Labute approximate surface area is 289 Å². The Hall–Kier alpha value is -4.51. The smallest absolute Gasteiger partial charge is 0.261 e. The Morgan fingerprint density at radius 1 is 0.854 bits per heavy atom. The molecule has 0 saturated carbocycles. The van der Waals surface area contributed by atoms with E-state index in [1.807, 2.05) is 108 Å². The van der Waals surface area contributed by atoms with Crippen molar-refractivity contribution in [3.63, 3.8) is 0 Å². The zero-order chi connectivity index (χ0) is 33.5. The van der Waals surface area contributed by atoms with Crippen LogP contribution in [-0.4, -0.2) is 48.1 Å². The molecule has 0 radical (unpaired) electrons. The third-order valence-electron chi connectivity index (χ3n) is 8.45. The van der Waals surface area contributed by atoms with E-state index in [1.54, 1.807) is 33.3 Å². The molecule has 0 fully saturated rings. The zero-order valence-electron chi connectivity index (χ0n) is 27.5. The molecule has 1 amide bonds. The van der Waals surface area contributed by atoms with Crippen molar-refractivity contribution in [2.45, 2.75) is 52.7 Å². The molecule has 6 rings (SSSR count). The van der Waals surface area contributed by atoms with E-state index in [0.29, 0.717) is 48.5 Å².